The zero-order valence-electron chi connectivity index (χ0n) is 15.0. The zero-order chi connectivity index (χ0) is 16.2. The summed E-state index contributed by atoms with van der Waals surface area (Å²) in [7, 11) is 0. The number of aliphatic carboxylic acids is 1. The van der Waals surface area contributed by atoms with Crippen molar-refractivity contribution in [2.75, 3.05) is 0 Å². The van der Waals surface area contributed by atoms with E-state index in [1.807, 2.05) is 6.92 Å². The van der Waals surface area contributed by atoms with Crippen molar-refractivity contribution in [1.82, 2.24) is 0 Å². The average Bonchev–Trinajstić information content (AvgIpc) is 3.27. The third-order valence-electron chi connectivity index (χ3n) is 5.44. The van der Waals surface area contributed by atoms with Gasteiger partial charge >= 0.3 is 5.97 Å². The topological polar surface area (TPSA) is 37.3 Å². The lowest BCUT2D eigenvalue weighted by Crippen LogP contribution is -2.12. The molecule has 1 N–H and O–H groups in total. The second-order valence-corrected chi connectivity index (χ2v) is 7.46. The summed E-state index contributed by atoms with van der Waals surface area (Å²) in [4.78, 5) is 10.9. The van der Waals surface area contributed by atoms with E-state index in [0.29, 0.717) is 11.8 Å². The minimum Gasteiger partial charge on any atom is -0.481 e. The fourth-order valence-electron chi connectivity index (χ4n) is 3.65. The molecule has 1 rings (SSSR count). The van der Waals surface area contributed by atoms with Crippen molar-refractivity contribution in [3.8, 4) is 0 Å². The normalized spacial score (nSPS) is 21.7. The van der Waals surface area contributed by atoms with Gasteiger partial charge in [-0.1, -0.05) is 97.3 Å². The van der Waals surface area contributed by atoms with Gasteiger partial charge in [0.05, 0.1) is 5.92 Å². The van der Waals surface area contributed by atoms with E-state index in [-0.39, 0.29) is 5.92 Å². The van der Waals surface area contributed by atoms with Crippen LogP contribution in [-0.4, -0.2) is 11.1 Å². The number of hydrogen-bond acceptors (Lipinski definition) is 1. The Labute approximate surface area is 138 Å². The Morgan fingerprint density at radius 3 is 1.82 bits per heavy atom. The predicted molar refractivity (Wildman–Crippen MR) is 94.1 cm³/mol. The molecule has 3 atom stereocenters. The molecule has 0 spiro atoms. The Hall–Kier alpha value is -0.530. The van der Waals surface area contributed by atoms with Gasteiger partial charge in [-0.15, -0.1) is 0 Å². The fraction of sp³-hybridized carbons (Fsp3) is 0.950. The second kappa shape index (κ2) is 12.0. The van der Waals surface area contributed by atoms with Crippen molar-refractivity contribution in [3.63, 3.8) is 0 Å². The van der Waals surface area contributed by atoms with E-state index in [2.05, 4.69) is 6.92 Å². The predicted octanol–water partition coefficient (Wildman–Crippen LogP) is 6.43. The van der Waals surface area contributed by atoms with Crippen molar-refractivity contribution < 1.29 is 9.90 Å². The molecule has 2 heteroatoms. The first-order valence-electron chi connectivity index (χ1n) is 9.89. The Bertz CT molecular complexity index is 287. The minimum absolute atomic E-state index is 0.123. The van der Waals surface area contributed by atoms with Crippen molar-refractivity contribution in [3.05, 3.63) is 0 Å². The van der Waals surface area contributed by atoms with Gasteiger partial charge in [0.15, 0.2) is 0 Å². The van der Waals surface area contributed by atoms with E-state index in [1.54, 1.807) is 0 Å². The van der Waals surface area contributed by atoms with Crippen LogP contribution in [0.25, 0.3) is 0 Å². The first-order valence-corrected chi connectivity index (χ1v) is 9.89. The highest BCUT2D eigenvalue weighted by molar-refractivity contribution is 5.70. The largest absolute Gasteiger partial charge is 0.481 e. The van der Waals surface area contributed by atoms with E-state index in [1.165, 1.54) is 83.5 Å². The summed E-state index contributed by atoms with van der Waals surface area (Å²) < 4.78 is 0. The standard InChI is InChI=1S/C20H38O2/c1-3-4-5-6-7-8-9-10-11-12-13-14-15-18-16-19(18)17(2)20(21)22/h17-19H,3-16H2,1-2H3,(H,21,22). The molecule has 0 radical (unpaired) electrons. The number of hydrogen-bond donors (Lipinski definition) is 1. The third-order valence-corrected chi connectivity index (χ3v) is 5.44. The first-order chi connectivity index (χ1) is 10.7. The molecule has 2 nitrogen and oxygen atoms in total. The summed E-state index contributed by atoms with van der Waals surface area (Å²) in [6.07, 6.45) is 19.2. The molecule has 0 aromatic heterocycles. The van der Waals surface area contributed by atoms with E-state index >= 15 is 0 Å². The van der Waals surface area contributed by atoms with Crippen molar-refractivity contribution in [2.24, 2.45) is 17.8 Å². The number of unbranched alkanes of at least 4 members (excludes halogenated alkanes) is 11. The van der Waals surface area contributed by atoms with Gasteiger partial charge in [0, 0.05) is 0 Å². The molecule has 1 aliphatic carbocycles. The molecular weight excluding hydrogens is 272 g/mol. The zero-order valence-corrected chi connectivity index (χ0v) is 15.0. The maximum absolute atomic E-state index is 10.9. The molecule has 0 amide bonds. The Morgan fingerprint density at radius 2 is 1.36 bits per heavy atom. The van der Waals surface area contributed by atoms with Crippen LogP contribution in [-0.2, 0) is 4.79 Å². The van der Waals surface area contributed by atoms with Gasteiger partial charge in [0.25, 0.3) is 0 Å². The Kier molecular flexibility index (Phi) is 10.6. The van der Waals surface area contributed by atoms with Crippen LogP contribution in [0.15, 0.2) is 0 Å². The van der Waals surface area contributed by atoms with Gasteiger partial charge < -0.3 is 5.11 Å². The maximum atomic E-state index is 10.9. The summed E-state index contributed by atoms with van der Waals surface area (Å²) in [6.45, 7) is 4.14. The number of rotatable bonds is 15. The summed E-state index contributed by atoms with van der Waals surface area (Å²) in [6, 6.07) is 0. The highest BCUT2D eigenvalue weighted by Crippen LogP contribution is 2.47. The lowest BCUT2D eigenvalue weighted by molar-refractivity contribution is -0.141. The molecule has 22 heavy (non-hydrogen) atoms. The van der Waals surface area contributed by atoms with Crippen LogP contribution in [0, 0.1) is 17.8 Å². The van der Waals surface area contributed by atoms with Crippen LogP contribution in [0.1, 0.15) is 104 Å². The fourth-order valence-corrected chi connectivity index (χ4v) is 3.65. The minimum atomic E-state index is -0.609. The lowest BCUT2D eigenvalue weighted by Gasteiger charge is -2.05. The smallest absolute Gasteiger partial charge is 0.306 e. The van der Waals surface area contributed by atoms with E-state index in [9.17, 15) is 4.79 Å². The maximum Gasteiger partial charge on any atom is 0.306 e. The first kappa shape index (κ1) is 19.5. The van der Waals surface area contributed by atoms with Crippen LogP contribution < -0.4 is 0 Å². The average molecular weight is 311 g/mol. The molecule has 130 valence electrons. The molecule has 0 aliphatic heterocycles. The van der Waals surface area contributed by atoms with Crippen LogP contribution in [0.3, 0.4) is 0 Å². The number of carboxylic acid groups (broad SMARTS) is 1. The van der Waals surface area contributed by atoms with Crippen molar-refractivity contribution >= 4 is 5.97 Å². The molecule has 0 heterocycles. The molecule has 0 bridgehead atoms. The second-order valence-electron chi connectivity index (χ2n) is 7.46. The molecule has 0 saturated heterocycles. The van der Waals surface area contributed by atoms with E-state index in [4.69, 9.17) is 5.11 Å². The Balaban J connectivity index is 1.77. The van der Waals surface area contributed by atoms with E-state index < -0.39 is 5.97 Å². The van der Waals surface area contributed by atoms with Crippen LogP contribution >= 0.6 is 0 Å². The molecule has 0 aromatic carbocycles. The lowest BCUT2D eigenvalue weighted by atomic mass is 10.0. The number of carbonyl (C=O) groups is 1. The van der Waals surface area contributed by atoms with Gasteiger partial charge in [0.2, 0.25) is 0 Å². The summed E-state index contributed by atoms with van der Waals surface area (Å²) >= 11 is 0. The molecule has 3 unspecified atom stereocenters. The molecule has 1 aliphatic rings. The van der Waals surface area contributed by atoms with Gasteiger partial charge in [-0.3, -0.25) is 4.79 Å². The monoisotopic (exact) mass is 310 g/mol. The summed E-state index contributed by atoms with van der Waals surface area (Å²) in [5.41, 5.74) is 0. The highest BCUT2D eigenvalue weighted by atomic mass is 16.4. The van der Waals surface area contributed by atoms with Crippen molar-refractivity contribution in [2.45, 2.75) is 104 Å². The van der Waals surface area contributed by atoms with Crippen molar-refractivity contribution in [1.29, 1.82) is 0 Å². The third kappa shape index (κ3) is 8.80. The summed E-state index contributed by atoms with van der Waals surface area (Å²) in [5, 5.41) is 8.98. The van der Waals surface area contributed by atoms with Crippen LogP contribution in [0.4, 0.5) is 0 Å². The Morgan fingerprint density at radius 1 is 0.909 bits per heavy atom. The quantitative estimate of drug-likeness (QED) is 0.354. The van der Waals surface area contributed by atoms with Crippen LogP contribution in [0.5, 0.6) is 0 Å². The molecule has 0 aromatic rings. The van der Waals surface area contributed by atoms with E-state index in [0.717, 1.165) is 6.42 Å². The van der Waals surface area contributed by atoms with Gasteiger partial charge in [-0.25, -0.2) is 0 Å². The highest BCUT2D eigenvalue weighted by Gasteiger charge is 2.42. The van der Waals surface area contributed by atoms with Gasteiger partial charge in [0.1, 0.15) is 0 Å². The molecule has 1 saturated carbocycles. The van der Waals surface area contributed by atoms with Gasteiger partial charge in [-0.05, 0) is 18.3 Å². The number of carboxylic acids is 1. The van der Waals surface area contributed by atoms with Crippen LogP contribution in [0.2, 0.25) is 0 Å². The van der Waals surface area contributed by atoms with Gasteiger partial charge in [-0.2, -0.15) is 0 Å². The summed E-state index contributed by atoms with van der Waals surface area (Å²) in [5.74, 6) is 0.462. The molecule has 1 fully saturated rings. The SMILES string of the molecule is CCCCCCCCCCCCCCC1CC1C(C)C(=O)O. The molecular formula is C20H38O2.